The van der Waals surface area contributed by atoms with Crippen LogP contribution in [0.3, 0.4) is 0 Å². The van der Waals surface area contributed by atoms with Gasteiger partial charge in [-0.1, -0.05) is 0 Å². The van der Waals surface area contributed by atoms with Crippen molar-refractivity contribution in [2.75, 3.05) is 24.5 Å². The van der Waals surface area contributed by atoms with E-state index >= 15 is 0 Å². The van der Waals surface area contributed by atoms with Crippen molar-refractivity contribution in [2.24, 2.45) is 0 Å². The van der Waals surface area contributed by atoms with Crippen molar-refractivity contribution < 1.29 is 4.39 Å². The molecule has 0 amide bonds. The predicted molar refractivity (Wildman–Crippen MR) is 53.9 cm³/mol. The fourth-order valence-electron chi connectivity index (χ4n) is 1.80. The van der Waals surface area contributed by atoms with Gasteiger partial charge in [0.15, 0.2) is 5.82 Å². The molecule has 1 aliphatic rings. The van der Waals surface area contributed by atoms with Gasteiger partial charge in [0.1, 0.15) is 0 Å². The molecule has 1 aliphatic heterocycles. The molecular weight excluding hydrogens is 181 g/mol. The zero-order chi connectivity index (χ0) is 9.97. The Kier molecular flexibility index (Phi) is 2.63. The summed E-state index contributed by atoms with van der Waals surface area (Å²) in [4.78, 5) is 5.82. The van der Waals surface area contributed by atoms with Crippen LogP contribution in [-0.4, -0.2) is 30.7 Å². The van der Waals surface area contributed by atoms with E-state index < -0.39 is 0 Å². The first-order valence-corrected chi connectivity index (χ1v) is 4.86. The normalized spacial score (nSPS) is 22.4. The Morgan fingerprint density at radius 1 is 1.64 bits per heavy atom. The van der Waals surface area contributed by atoms with E-state index in [-0.39, 0.29) is 5.82 Å². The molecule has 14 heavy (non-hydrogen) atoms. The molecule has 3 nitrogen and oxygen atoms in total. The molecule has 0 saturated carbocycles. The van der Waals surface area contributed by atoms with Gasteiger partial charge in [0, 0.05) is 31.9 Å². The predicted octanol–water partition coefficient (Wildman–Crippen LogP) is 1.02. The maximum Gasteiger partial charge on any atom is 0.164 e. The highest BCUT2D eigenvalue weighted by molar-refractivity contribution is 5.47. The number of piperazine rings is 1. The number of pyridine rings is 1. The van der Waals surface area contributed by atoms with Crippen molar-refractivity contribution in [1.82, 2.24) is 10.3 Å². The molecule has 0 spiro atoms. The lowest BCUT2D eigenvalue weighted by molar-refractivity contribution is 0.490. The molecule has 4 heteroatoms. The quantitative estimate of drug-likeness (QED) is 0.725. The summed E-state index contributed by atoms with van der Waals surface area (Å²) in [6.07, 6.45) is 2.90. The molecule has 1 N–H and O–H groups in total. The highest BCUT2D eigenvalue weighted by atomic mass is 19.1. The van der Waals surface area contributed by atoms with Gasteiger partial charge in [-0.2, -0.15) is 0 Å². The highest BCUT2D eigenvalue weighted by Crippen LogP contribution is 2.20. The Labute approximate surface area is 82.9 Å². The zero-order valence-corrected chi connectivity index (χ0v) is 8.20. The Morgan fingerprint density at radius 3 is 3.21 bits per heavy atom. The first kappa shape index (κ1) is 9.40. The van der Waals surface area contributed by atoms with Crippen molar-refractivity contribution in [1.29, 1.82) is 0 Å². The zero-order valence-electron chi connectivity index (χ0n) is 8.20. The van der Waals surface area contributed by atoms with E-state index in [1.807, 2.05) is 0 Å². The second kappa shape index (κ2) is 3.92. The number of halogens is 1. The van der Waals surface area contributed by atoms with Gasteiger partial charge in [0.2, 0.25) is 0 Å². The first-order chi connectivity index (χ1) is 6.79. The lowest BCUT2D eigenvalue weighted by Crippen LogP contribution is -2.50. The number of nitrogens with zero attached hydrogens (tertiary/aromatic N) is 2. The molecule has 0 aromatic carbocycles. The average Bonchev–Trinajstić information content (AvgIpc) is 2.20. The third-order valence-electron chi connectivity index (χ3n) is 2.56. The number of nitrogens with one attached hydrogen (secondary N) is 1. The van der Waals surface area contributed by atoms with Crippen LogP contribution in [-0.2, 0) is 0 Å². The van der Waals surface area contributed by atoms with Crippen molar-refractivity contribution in [3.05, 3.63) is 24.3 Å². The molecule has 1 saturated heterocycles. The van der Waals surface area contributed by atoms with Crippen LogP contribution >= 0.6 is 0 Å². The Hall–Kier alpha value is -1.16. The standard InChI is InChI=1S/C10H14FN3/c1-8-6-13-4-5-14(8)10-2-3-12-7-9(10)11/h2-3,7-8,13H,4-6H2,1H3/t8-/m0/s1. The topological polar surface area (TPSA) is 28.2 Å². The van der Waals surface area contributed by atoms with Crippen LogP contribution in [0, 0.1) is 5.82 Å². The van der Waals surface area contributed by atoms with Crippen LogP contribution in [0.4, 0.5) is 10.1 Å². The lowest BCUT2D eigenvalue weighted by atomic mass is 10.2. The number of hydrogen-bond acceptors (Lipinski definition) is 3. The largest absolute Gasteiger partial charge is 0.364 e. The summed E-state index contributed by atoms with van der Waals surface area (Å²) in [5.41, 5.74) is 0.661. The number of anilines is 1. The summed E-state index contributed by atoms with van der Waals surface area (Å²) < 4.78 is 13.4. The van der Waals surface area contributed by atoms with Gasteiger partial charge in [-0.15, -0.1) is 0 Å². The molecule has 0 bridgehead atoms. The van der Waals surface area contributed by atoms with E-state index in [0.717, 1.165) is 19.6 Å². The first-order valence-electron chi connectivity index (χ1n) is 4.86. The summed E-state index contributed by atoms with van der Waals surface area (Å²) in [5, 5.41) is 3.27. The molecule has 1 aromatic heterocycles. The second-order valence-electron chi connectivity index (χ2n) is 3.57. The Bertz CT molecular complexity index is 316. The fraction of sp³-hybridized carbons (Fsp3) is 0.500. The Morgan fingerprint density at radius 2 is 2.50 bits per heavy atom. The average molecular weight is 195 g/mol. The second-order valence-corrected chi connectivity index (χ2v) is 3.57. The third kappa shape index (κ3) is 1.70. The molecule has 2 rings (SSSR count). The summed E-state index contributed by atoms with van der Waals surface area (Å²) in [6.45, 7) is 4.75. The molecule has 0 radical (unpaired) electrons. The van der Waals surface area contributed by atoms with Gasteiger partial charge < -0.3 is 10.2 Å². The molecule has 1 atom stereocenters. The third-order valence-corrected chi connectivity index (χ3v) is 2.56. The monoisotopic (exact) mass is 195 g/mol. The van der Waals surface area contributed by atoms with Gasteiger partial charge in [-0.25, -0.2) is 4.39 Å². The van der Waals surface area contributed by atoms with Crippen LogP contribution in [0.25, 0.3) is 0 Å². The van der Waals surface area contributed by atoms with E-state index in [4.69, 9.17) is 0 Å². The highest BCUT2D eigenvalue weighted by Gasteiger charge is 2.20. The van der Waals surface area contributed by atoms with Gasteiger partial charge in [-0.3, -0.25) is 4.98 Å². The summed E-state index contributed by atoms with van der Waals surface area (Å²) >= 11 is 0. The molecule has 76 valence electrons. The van der Waals surface area contributed by atoms with Crippen molar-refractivity contribution in [3.63, 3.8) is 0 Å². The summed E-state index contributed by atoms with van der Waals surface area (Å²) in [7, 11) is 0. The van der Waals surface area contributed by atoms with Crippen LogP contribution in [0.5, 0.6) is 0 Å². The fourth-order valence-corrected chi connectivity index (χ4v) is 1.80. The summed E-state index contributed by atoms with van der Waals surface area (Å²) in [5.74, 6) is -0.235. The van der Waals surface area contributed by atoms with Crippen molar-refractivity contribution >= 4 is 5.69 Å². The number of aromatic nitrogens is 1. The van der Waals surface area contributed by atoms with Crippen LogP contribution in [0.1, 0.15) is 6.92 Å². The SMILES string of the molecule is C[C@H]1CNCCN1c1ccncc1F. The van der Waals surface area contributed by atoms with E-state index in [9.17, 15) is 4.39 Å². The molecule has 0 unspecified atom stereocenters. The molecule has 1 fully saturated rings. The van der Waals surface area contributed by atoms with E-state index in [2.05, 4.69) is 22.1 Å². The van der Waals surface area contributed by atoms with Crippen molar-refractivity contribution in [2.45, 2.75) is 13.0 Å². The van der Waals surface area contributed by atoms with E-state index in [0.29, 0.717) is 11.7 Å². The van der Waals surface area contributed by atoms with Crippen molar-refractivity contribution in [3.8, 4) is 0 Å². The Balaban J connectivity index is 2.25. The van der Waals surface area contributed by atoms with Gasteiger partial charge in [-0.05, 0) is 13.0 Å². The van der Waals surface area contributed by atoms with Crippen LogP contribution in [0.2, 0.25) is 0 Å². The van der Waals surface area contributed by atoms with Gasteiger partial charge >= 0.3 is 0 Å². The molecule has 1 aromatic rings. The minimum atomic E-state index is -0.235. The van der Waals surface area contributed by atoms with Gasteiger partial charge in [0.25, 0.3) is 0 Å². The van der Waals surface area contributed by atoms with Crippen LogP contribution in [0.15, 0.2) is 18.5 Å². The molecular formula is C10H14FN3. The maximum absolute atomic E-state index is 13.4. The van der Waals surface area contributed by atoms with Gasteiger partial charge in [0.05, 0.1) is 11.9 Å². The smallest absolute Gasteiger partial charge is 0.164 e. The van der Waals surface area contributed by atoms with E-state index in [1.54, 1.807) is 12.3 Å². The maximum atomic E-state index is 13.4. The van der Waals surface area contributed by atoms with E-state index in [1.165, 1.54) is 6.20 Å². The van der Waals surface area contributed by atoms with Crippen LogP contribution < -0.4 is 10.2 Å². The lowest BCUT2D eigenvalue weighted by Gasteiger charge is -2.35. The molecule has 0 aliphatic carbocycles. The number of hydrogen-bond donors (Lipinski definition) is 1. The number of rotatable bonds is 1. The minimum Gasteiger partial charge on any atom is -0.364 e. The minimum absolute atomic E-state index is 0.235. The molecule has 2 heterocycles. The summed E-state index contributed by atoms with van der Waals surface area (Å²) in [6, 6.07) is 2.07.